The summed E-state index contributed by atoms with van der Waals surface area (Å²) in [6, 6.07) is 3.19. The average molecular weight is 126 g/mol. The minimum atomic E-state index is -0.479. The van der Waals surface area contributed by atoms with Crippen molar-refractivity contribution in [1.29, 1.82) is 0 Å². The number of anilines is 1. The molecule has 0 saturated heterocycles. The van der Waals surface area contributed by atoms with Gasteiger partial charge in [0, 0.05) is 11.8 Å². The fourth-order valence-corrected chi connectivity index (χ4v) is 0.515. The molecule has 3 heteroatoms. The number of aromatic nitrogens is 1. The fourth-order valence-electron chi connectivity index (χ4n) is 0.515. The molecule has 1 aromatic rings. The van der Waals surface area contributed by atoms with E-state index in [0.717, 1.165) is 0 Å². The summed E-state index contributed by atoms with van der Waals surface area (Å²) in [4.78, 5) is 3.69. The van der Waals surface area contributed by atoms with Crippen molar-refractivity contribution in [2.45, 2.75) is 6.67 Å². The van der Waals surface area contributed by atoms with Crippen molar-refractivity contribution in [3.63, 3.8) is 0 Å². The standard InChI is InChI=1S/C6H7FN2/c7-3-5-1-2-6(8)9-4-5/h1-2,4H,3H2,(H2,8,9). The van der Waals surface area contributed by atoms with Crippen LogP contribution < -0.4 is 5.73 Å². The number of pyridine rings is 1. The molecule has 0 aliphatic carbocycles. The molecule has 0 spiro atoms. The Bertz CT molecular complexity index is 183. The molecule has 0 atom stereocenters. The number of alkyl halides is 1. The second-order valence-electron chi connectivity index (χ2n) is 1.72. The summed E-state index contributed by atoms with van der Waals surface area (Å²) in [5, 5.41) is 0. The molecule has 48 valence electrons. The Morgan fingerprint density at radius 3 is 2.78 bits per heavy atom. The number of hydrogen-bond acceptors (Lipinski definition) is 2. The van der Waals surface area contributed by atoms with Gasteiger partial charge in [-0.05, 0) is 6.07 Å². The summed E-state index contributed by atoms with van der Waals surface area (Å²) < 4.78 is 11.8. The maximum Gasteiger partial charge on any atom is 0.123 e. The molecule has 2 N–H and O–H groups in total. The van der Waals surface area contributed by atoms with Crippen LogP contribution in [0.2, 0.25) is 0 Å². The van der Waals surface area contributed by atoms with Crippen LogP contribution in [0.5, 0.6) is 0 Å². The Labute approximate surface area is 52.5 Å². The molecule has 0 bridgehead atoms. The Balaban J connectivity index is 2.88. The summed E-state index contributed by atoms with van der Waals surface area (Å²) in [5.41, 5.74) is 5.81. The molecule has 1 aromatic heterocycles. The SMILES string of the molecule is Nc1ccc(CF)cn1. The van der Waals surface area contributed by atoms with Crippen LogP contribution in [0, 0.1) is 0 Å². The maximum absolute atomic E-state index is 11.8. The molecule has 0 unspecified atom stereocenters. The van der Waals surface area contributed by atoms with Gasteiger partial charge in [0.25, 0.3) is 0 Å². The van der Waals surface area contributed by atoms with Crippen LogP contribution in [-0.2, 0) is 6.67 Å². The maximum atomic E-state index is 11.8. The van der Waals surface area contributed by atoms with Gasteiger partial charge in [0.1, 0.15) is 12.5 Å². The van der Waals surface area contributed by atoms with Gasteiger partial charge in [-0.2, -0.15) is 0 Å². The zero-order chi connectivity index (χ0) is 6.69. The van der Waals surface area contributed by atoms with E-state index < -0.39 is 6.67 Å². The Morgan fingerprint density at radius 2 is 2.33 bits per heavy atom. The minimum absolute atomic E-state index is 0.423. The van der Waals surface area contributed by atoms with Crippen LogP contribution in [0.1, 0.15) is 5.56 Å². The molecule has 0 saturated carbocycles. The van der Waals surface area contributed by atoms with Crippen molar-refractivity contribution in [3.8, 4) is 0 Å². The van der Waals surface area contributed by atoms with E-state index in [1.165, 1.54) is 6.20 Å². The van der Waals surface area contributed by atoms with Crippen molar-refractivity contribution in [2.24, 2.45) is 0 Å². The second-order valence-corrected chi connectivity index (χ2v) is 1.72. The van der Waals surface area contributed by atoms with Gasteiger partial charge in [0.15, 0.2) is 0 Å². The molecule has 1 heterocycles. The van der Waals surface area contributed by atoms with Gasteiger partial charge < -0.3 is 5.73 Å². The van der Waals surface area contributed by atoms with Gasteiger partial charge in [0.05, 0.1) is 0 Å². The highest BCUT2D eigenvalue weighted by Gasteiger charge is 1.88. The van der Waals surface area contributed by atoms with E-state index in [9.17, 15) is 4.39 Å². The van der Waals surface area contributed by atoms with Crippen molar-refractivity contribution in [1.82, 2.24) is 4.98 Å². The topological polar surface area (TPSA) is 38.9 Å². The molecule has 0 radical (unpaired) electrons. The lowest BCUT2D eigenvalue weighted by molar-refractivity contribution is 0.484. The van der Waals surface area contributed by atoms with Crippen LogP contribution in [-0.4, -0.2) is 4.98 Å². The molecule has 2 nitrogen and oxygen atoms in total. The van der Waals surface area contributed by atoms with E-state index in [0.29, 0.717) is 11.4 Å². The zero-order valence-corrected chi connectivity index (χ0v) is 4.84. The number of halogens is 1. The highest BCUT2D eigenvalue weighted by atomic mass is 19.1. The third-order valence-corrected chi connectivity index (χ3v) is 1.00. The highest BCUT2D eigenvalue weighted by Crippen LogP contribution is 2.01. The lowest BCUT2D eigenvalue weighted by Gasteiger charge is -1.91. The van der Waals surface area contributed by atoms with Crippen LogP contribution in [0.3, 0.4) is 0 Å². The number of rotatable bonds is 1. The first-order valence-electron chi connectivity index (χ1n) is 2.59. The monoisotopic (exact) mass is 126 g/mol. The average Bonchev–Trinajstić information content (AvgIpc) is 1.90. The molecule has 1 rings (SSSR count). The summed E-state index contributed by atoms with van der Waals surface area (Å²) in [6.45, 7) is -0.479. The van der Waals surface area contributed by atoms with Gasteiger partial charge in [-0.15, -0.1) is 0 Å². The predicted molar refractivity (Wildman–Crippen MR) is 33.5 cm³/mol. The predicted octanol–water partition coefficient (Wildman–Crippen LogP) is 1.13. The van der Waals surface area contributed by atoms with E-state index in [2.05, 4.69) is 4.98 Å². The van der Waals surface area contributed by atoms with Gasteiger partial charge >= 0.3 is 0 Å². The smallest absolute Gasteiger partial charge is 0.123 e. The van der Waals surface area contributed by atoms with Crippen molar-refractivity contribution >= 4 is 5.82 Å². The minimum Gasteiger partial charge on any atom is -0.384 e. The van der Waals surface area contributed by atoms with Gasteiger partial charge in [-0.3, -0.25) is 0 Å². The van der Waals surface area contributed by atoms with E-state index in [1.807, 2.05) is 0 Å². The van der Waals surface area contributed by atoms with Crippen LogP contribution in [0.4, 0.5) is 10.2 Å². The largest absolute Gasteiger partial charge is 0.384 e. The first kappa shape index (κ1) is 6.01. The molecule has 0 aromatic carbocycles. The molecule has 0 aliphatic rings. The Hall–Kier alpha value is -1.12. The van der Waals surface area contributed by atoms with E-state index in [4.69, 9.17) is 5.73 Å². The summed E-state index contributed by atoms with van der Waals surface area (Å²) >= 11 is 0. The molecule has 9 heavy (non-hydrogen) atoms. The Morgan fingerprint density at radius 1 is 1.56 bits per heavy atom. The third kappa shape index (κ3) is 1.38. The van der Waals surface area contributed by atoms with Gasteiger partial charge in [-0.25, -0.2) is 9.37 Å². The summed E-state index contributed by atoms with van der Waals surface area (Å²) in [7, 11) is 0. The molecular weight excluding hydrogens is 119 g/mol. The van der Waals surface area contributed by atoms with Gasteiger partial charge in [-0.1, -0.05) is 6.07 Å². The first-order valence-corrected chi connectivity index (χ1v) is 2.59. The van der Waals surface area contributed by atoms with Crippen LogP contribution in [0.25, 0.3) is 0 Å². The second kappa shape index (κ2) is 2.44. The third-order valence-electron chi connectivity index (χ3n) is 1.00. The molecule has 0 fully saturated rings. The molecular formula is C6H7FN2. The lowest BCUT2D eigenvalue weighted by Crippen LogP contribution is -1.89. The van der Waals surface area contributed by atoms with Crippen molar-refractivity contribution in [3.05, 3.63) is 23.9 Å². The van der Waals surface area contributed by atoms with Crippen molar-refractivity contribution in [2.75, 3.05) is 5.73 Å². The van der Waals surface area contributed by atoms with E-state index in [1.54, 1.807) is 12.1 Å². The summed E-state index contributed by atoms with van der Waals surface area (Å²) in [6.07, 6.45) is 1.43. The first-order chi connectivity index (χ1) is 4.33. The lowest BCUT2D eigenvalue weighted by atomic mass is 10.3. The molecule has 0 amide bonds. The van der Waals surface area contributed by atoms with Gasteiger partial charge in [0.2, 0.25) is 0 Å². The molecule has 0 aliphatic heterocycles. The zero-order valence-electron chi connectivity index (χ0n) is 4.84. The number of nitrogens with zero attached hydrogens (tertiary/aromatic N) is 1. The van der Waals surface area contributed by atoms with E-state index in [-0.39, 0.29) is 0 Å². The number of nitrogen functional groups attached to an aromatic ring is 1. The number of nitrogens with two attached hydrogens (primary N) is 1. The quantitative estimate of drug-likeness (QED) is 0.612. The van der Waals surface area contributed by atoms with Crippen molar-refractivity contribution < 1.29 is 4.39 Å². The highest BCUT2D eigenvalue weighted by molar-refractivity contribution is 5.28. The summed E-state index contributed by atoms with van der Waals surface area (Å²) in [5.74, 6) is 0.423. The normalized spacial score (nSPS) is 9.44. The van der Waals surface area contributed by atoms with Crippen LogP contribution in [0.15, 0.2) is 18.3 Å². The number of hydrogen-bond donors (Lipinski definition) is 1. The fraction of sp³-hybridized carbons (Fsp3) is 0.167. The van der Waals surface area contributed by atoms with Crippen LogP contribution >= 0.6 is 0 Å². The van der Waals surface area contributed by atoms with E-state index >= 15 is 0 Å². The Kier molecular flexibility index (Phi) is 1.63.